The molecule has 0 saturated carbocycles. The number of nitrogens with zero attached hydrogens (tertiary/aromatic N) is 2. The summed E-state index contributed by atoms with van der Waals surface area (Å²) < 4.78 is 27.6. The normalized spacial score (nSPS) is 19.1. The fourth-order valence-corrected chi connectivity index (χ4v) is 3.46. The van der Waals surface area contributed by atoms with Crippen molar-refractivity contribution in [2.24, 2.45) is 0 Å². The second-order valence-electron chi connectivity index (χ2n) is 4.68. The first-order valence-electron chi connectivity index (χ1n) is 6.40. The van der Waals surface area contributed by atoms with Crippen LogP contribution in [-0.4, -0.2) is 56.8 Å². The Morgan fingerprint density at radius 3 is 2.35 bits per heavy atom. The molecule has 1 heterocycles. The molecule has 0 unspecified atom stereocenters. The Kier molecular flexibility index (Phi) is 5.85. The molecule has 0 aromatic heterocycles. The zero-order valence-electron chi connectivity index (χ0n) is 11.1. The lowest BCUT2D eigenvalue weighted by molar-refractivity contribution is 0.277. The van der Waals surface area contributed by atoms with E-state index in [0.717, 1.165) is 38.8 Å². The van der Waals surface area contributed by atoms with Crippen molar-refractivity contribution >= 4 is 10.2 Å². The minimum Gasteiger partial charge on any atom is -0.317 e. The maximum absolute atomic E-state index is 12.3. The Morgan fingerprint density at radius 2 is 1.82 bits per heavy atom. The highest BCUT2D eigenvalue weighted by molar-refractivity contribution is 7.86. The van der Waals surface area contributed by atoms with Crippen LogP contribution in [0.15, 0.2) is 0 Å². The van der Waals surface area contributed by atoms with E-state index in [9.17, 15) is 8.42 Å². The highest BCUT2D eigenvalue weighted by Gasteiger charge is 2.30. The van der Waals surface area contributed by atoms with Crippen molar-refractivity contribution in [3.05, 3.63) is 0 Å². The molecule has 1 aliphatic heterocycles. The predicted molar refractivity (Wildman–Crippen MR) is 70.1 cm³/mol. The van der Waals surface area contributed by atoms with E-state index in [0.29, 0.717) is 6.54 Å². The summed E-state index contributed by atoms with van der Waals surface area (Å²) in [5.74, 6) is 0. The van der Waals surface area contributed by atoms with Crippen molar-refractivity contribution in [3.8, 4) is 0 Å². The van der Waals surface area contributed by atoms with Crippen molar-refractivity contribution in [1.29, 1.82) is 0 Å². The van der Waals surface area contributed by atoms with Crippen LogP contribution in [0.3, 0.4) is 0 Å². The molecule has 1 N–H and O–H groups in total. The molecular formula is C11H25N3O2S. The molecule has 1 saturated heterocycles. The quantitative estimate of drug-likeness (QED) is 0.765. The zero-order chi connectivity index (χ0) is 12.9. The van der Waals surface area contributed by atoms with Crippen LogP contribution < -0.4 is 5.32 Å². The molecule has 0 radical (unpaired) electrons. The summed E-state index contributed by atoms with van der Waals surface area (Å²) in [5.41, 5.74) is 0. The van der Waals surface area contributed by atoms with Crippen LogP contribution in [0, 0.1) is 0 Å². The van der Waals surface area contributed by atoms with Gasteiger partial charge in [-0.05, 0) is 32.4 Å². The summed E-state index contributed by atoms with van der Waals surface area (Å²) in [7, 11) is 0.0994. The molecule has 1 aliphatic rings. The maximum atomic E-state index is 12.3. The molecule has 0 aliphatic carbocycles. The van der Waals surface area contributed by atoms with Gasteiger partial charge in [0, 0.05) is 26.7 Å². The van der Waals surface area contributed by atoms with E-state index in [1.54, 1.807) is 18.4 Å². The molecule has 0 amide bonds. The van der Waals surface area contributed by atoms with E-state index in [2.05, 4.69) is 12.2 Å². The Labute approximate surface area is 105 Å². The fraction of sp³-hybridized carbons (Fsp3) is 1.00. The first kappa shape index (κ1) is 14.9. The third-order valence-electron chi connectivity index (χ3n) is 3.41. The molecule has 6 heteroatoms. The summed E-state index contributed by atoms with van der Waals surface area (Å²) in [6.07, 6.45) is 3.72. The van der Waals surface area contributed by atoms with Gasteiger partial charge in [-0.15, -0.1) is 0 Å². The molecule has 0 aromatic rings. The van der Waals surface area contributed by atoms with Crippen LogP contribution in [-0.2, 0) is 10.2 Å². The van der Waals surface area contributed by atoms with Crippen LogP contribution >= 0.6 is 0 Å². The number of hydrogen-bond acceptors (Lipinski definition) is 3. The molecule has 0 atom stereocenters. The predicted octanol–water partition coefficient (Wildman–Crippen LogP) is 0.647. The first-order valence-corrected chi connectivity index (χ1v) is 7.80. The van der Waals surface area contributed by atoms with Crippen LogP contribution in [0.2, 0.25) is 0 Å². The topological polar surface area (TPSA) is 52.7 Å². The maximum Gasteiger partial charge on any atom is 0.281 e. The highest BCUT2D eigenvalue weighted by atomic mass is 32.2. The SMILES string of the molecule is CCCCN(C)S(=O)(=O)N(C)C1CCNCC1. The molecule has 5 nitrogen and oxygen atoms in total. The second-order valence-corrected chi connectivity index (χ2v) is 6.78. The standard InChI is InChI=1S/C11H25N3O2S/c1-4-5-10-13(2)17(15,16)14(3)11-6-8-12-9-7-11/h11-12H,4-10H2,1-3H3. The van der Waals surface area contributed by atoms with Gasteiger partial charge in [0.15, 0.2) is 0 Å². The lowest BCUT2D eigenvalue weighted by Gasteiger charge is -2.33. The van der Waals surface area contributed by atoms with E-state index in [1.807, 2.05) is 0 Å². The van der Waals surface area contributed by atoms with Crippen LogP contribution in [0.1, 0.15) is 32.6 Å². The van der Waals surface area contributed by atoms with Crippen molar-refractivity contribution in [2.75, 3.05) is 33.7 Å². The molecule has 0 bridgehead atoms. The van der Waals surface area contributed by atoms with Gasteiger partial charge < -0.3 is 5.32 Å². The zero-order valence-corrected chi connectivity index (χ0v) is 12.0. The second kappa shape index (κ2) is 6.68. The lowest BCUT2D eigenvalue weighted by Crippen LogP contribution is -2.48. The van der Waals surface area contributed by atoms with E-state index in [1.165, 1.54) is 4.31 Å². The van der Waals surface area contributed by atoms with Gasteiger partial charge in [-0.3, -0.25) is 0 Å². The number of nitrogens with one attached hydrogen (secondary N) is 1. The van der Waals surface area contributed by atoms with E-state index in [-0.39, 0.29) is 6.04 Å². The van der Waals surface area contributed by atoms with Gasteiger partial charge in [0.25, 0.3) is 10.2 Å². The van der Waals surface area contributed by atoms with Crippen LogP contribution in [0.5, 0.6) is 0 Å². The smallest absolute Gasteiger partial charge is 0.281 e. The van der Waals surface area contributed by atoms with E-state index >= 15 is 0 Å². The van der Waals surface area contributed by atoms with E-state index in [4.69, 9.17) is 0 Å². The average molecular weight is 263 g/mol. The van der Waals surface area contributed by atoms with Gasteiger partial charge in [-0.25, -0.2) is 0 Å². The Hall–Kier alpha value is -0.170. The van der Waals surface area contributed by atoms with Gasteiger partial charge in [-0.2, -0.15) is 17.0 Å². The molecule has 102 valence electrons. The Bertz CT molecular complexity index is 313. The Balaban J connectivity index is 2.61. The molecule has 0 aromatic carbocycles. The summed E-state index contributed by atoms with van der Waals surface area (Å²) in [4.78, 5) is 0. The van der Waals surface area contributed by atoms with Gasteiger partial charge in [0.05, 0.1) is 0 Å². The lowest BCUT2D eigenvalue weighted by atomic mass is 10.1. The molecule has 17 heavy (non-hydrogen) atoms. The van der Waals surface area contributed by atoms with Gasteiger partial charge in [0.2, 0.25) is 0 Å². The van der Waals surface area contributed by atoms with Crippen molar-refractivity contribution in [2.45, 2.75) is 38.6 Å². The van der Waals surface area contributed by atoms with Crippen molar-refractivity contribution in [1.82, 2.24) is 13.9 Å². The van der Waals surface area contributed by atoms with Crippen LogP contribution in [0.4, 0.5) is 0 Å². The van der Waals surface area contributed by atoms with Crippen molar-refractivity contribution < 1.29 is 8.42 Å². The summed E-state index contributed by atoms with van der Waals surface area (Å²) in [6, 6.07) is 0.144. The van der Waals surface area contributed by atoms with Gasteiger partial charge in [0.1, 0.15) is 0 Å². The summed E-state index contributed by atoms with van der Waals surface area (Å²) >= 11 is 0. The Morgan fingerprint density at radius 1 is 1.24 bits per heavy atom. The summed E-state index contributed by atoms with van der Waals surface area (Å²) in [5, 5.41) is 3.25. The number of piperidine rings is 1. The number of rotatable bonds is 6. The van der Waals surface area contributed by atoms with Crippen LogP contribution in [0.25, 0.3) is 0 Å². The fourth-order valence-electron chi connectivity index (χ4n) is 2.07. The molecule has 1 rings (SSSR count). The van der Waals surface area contributed by atoms with E-state index < -0.39 is 10.2 Å². The van der Waals surface area contributed by atoms with Gasteiger partial charge in [-0.1, -0.05) is 13.3 Å². The van der Waals surface area contributed by atoms with Gasteiger partial charge >= 0.3 is 0 Å². The largest absolute Gasteiger partial charge is 0.317 e. The minimum atomic E-state index is -3.27. The molecule has 1 fully saturated rings. The first-order chi connectivity index (χ1) is 8.00. The summed E-state index contributed by atoms with van der Waals surface area (Å²) in [6.45, 7) is 4.48. The number of unbranched alkanes of at least 4 members (excludes halogenated alkanes) is 1. The molecule has 0 spiro atoms. The average Bonchev–Trinajstić information content (AvgIpc) is 2.35. The number of hydrogen-bond donors (Lipinski definition) is 1. The molecular weight excluding hydrogens is 238 g/mol. The van der Waals surface area contributed by atoms with Crippen molar-refractivity contribution in [3.63, 3.8) is 0 Å². The highest BCUT2D eigenvalue weighted by Crippen LogP contribution is 2.16. The monoisotopic (exact) mass is 263 g/mol. The third kappa shape index (κ3) is 3.91. The third-order valence-corrected chi connectivity index (χ3v) is 5.40. The minimum absolute atomic E-state index is 0.144.